The number of hydrogen-bond acceptors (Lipinski definition) is 5. The fourth-order valence-electron chi connectivity index (χ4n) is 2.22. The van der Waals surface area contributed by atoms with Gasteiger partial charge in [0, 0.05) is 13.2 Å². The zero-order valence-corrected chi connectivity index (χ0v) is 12.9. The van der Waals surface area contributed by atoms with Crippen molar-refractivity contribution in [3.63, 3.8) is 0 Å². The number of carbonyl (C=O) groups is 2. The number of ether oxygens (including phenoxy) is 3. The zero-order chi connectivity index (χ0) is 15.9. The van der Waals surface area contributed by atoms with Gasteiger partial charge in [-0.1, -0.05) is 6.07 Å². The summed E-state index contributed by atoms with van der Waals surface area (Å²) in [6.45, 7) is 3.57. The summed E-state index contributed by atoms with van der Waals surface area (Å²) in [5.41, 5.74) is 2.37. The van der Waals surface area contributed by atoms with Gasteiger partial charge in [0.25, 0.3) is 0 Å². The van der Waals surface area contributed by atoms with Crippen LogP contribution in [0.3, 0.4) is 0 Å². The van der Waals surface area contributed by atoms with Crippen LogP contribution in [0.15, 0.2) is 18.2 Å². The lowest BCUT2D eigenvalue weighted by Gasteiger charge is -2.11. The Morgan fingerprint density at radius 3 is 2.86 bits per heavy atom. The molecule has 0 saturated carbocycles. The number of carbonyl (C=O) groups excluding carboxylic acids is 2. The Morgan fingerprint density at radius 2 is 2.23 bits per heavy atom. The maximum atomic E-state index is 11.8. The van der Waals surface area contributed by atoms with Gasteiger partial charge in [-0.3, -0.25) is 4.79 Å². The molecule has 0 aromatic heterocycles. The summed E-state index contributed by atoms with van der Waals surface area (Å²) in [4.78, 5) is 23.2. The Bertz CT molecular complexity index is 537. The maximum Gasteiger partial charge on any atom is 0.337 e. The van der Waals surface area contributed by atoms with E-state index in [-0.39, 0.29) is 24.6 Å². The number of esters is 1. The van der Waals surface area contributed by atoms with Crippen LogP contribution in [0.5, 0.6) is 0 Å². The van der Waals surface area contributed by atoms with Crippen LogP contribution in [-0.2, 0) is 25.5 Å². The van der Waals surface area contributed by atoms with Crippen molar-refractivity contribution in [2.24, 2.45) is 0 Å². The van der Waals surface area contributed by atoms with Crippen LogP contribution in [0.1, 0.15) is 27.9 Å². The average molecular weight is 307 g/mol. The van der Waals surface area contributed by atoms with E-state index in [0.717, 1.165) is 17.5 Å². The zero-order valence-electron chi connectivity index (χ0n) is 12.9. The number of methoxy groups -OCH3 is 1. The Kier molecular flexibility index (Phi) is 5.91. The topological polar surface area (TPSA) is 73.9 Å². The molecule has 1 amide bonds. The lowest BCUT2D eigenvalue weighted by Crippen LogP contribution is -2.29. The predicted octanol–water partition coefficient (Wildman–Crippen LogP) is 1.20. The van der Waals surface area contributed by atoms with Crippen molar-refractivity contribution < 1.29 is 23.8 Å². The highest BCUT2D eigenvalue weighted by Gasteiger charge is 2.17. The highest BCUT2D eigenvalue weighted by Crippen LogP contribution is 2.12. The first-order chi connectivity index (χ1) is 10.6. The molecule has 120 valence electrons. The summed E-state index contributed by atoms with van der Waals surface area (Å²) in [7, 11) is 1.35. The minimum atomic E-state index is -0.370. The van der Waals surface area contributed by atoms with E-state index in [4.69, 9.17) is 9.47 Å². The molecule has 1 fully saturated rings. The molecule has 22 heavy (non-hydrogen) atoms. The minimum Gasteiger partial charge on any atom is -0.465 e. The van der Waals surface area contributed by atoms with Crippen molar-refractivity contribution in [2.45, 2.75) is 26.0 Å². The van der Waals surface area contributed by atoms with Crippen LogP contribution < -0.4 is 5.32 Å². The summed E-state index contributed by atoms with van der Waals surface area (Å²) in [6.07, 6.45) is 0.855. The number of benzene rings is 1. The van der Waals surface area contributed by atoms with E-state index >= 15 is 0 Å². The molecule has 1 saturated heterocycles. The Labute approximate surface area is 129 Å². The lowest BCUT2D eigenvalue weighted by atomic mass is 10.1. The monoisotopic (exact) mass is 307 g/mol. The Hall–Kier alpha value is -1.92. The van der Waals surface area contributed by atoms with Crippen molar-refractivity contribution in [1.82, 2.24) is 5.32 Å². The second kappa shape index (κ2) is 7.91. The molecule has 6 nitrogen and oxygen atoms in total. The molecule has 0 bridgehead atoms. The van der Waals surface area contributed by atoms with E-state index in [1.807, 2.05) is 13.0 Å². The van der Waals surface area contributed by atoms with E-state index in [1.165, 1.54) is 7.11 Å². The fourth-order valence-corrected chi connectivity index (χ4v) is 2.22. The van der Waals surface area contributed by atoms with Gasteiger partial charge in [-0.2, -0.15) is 0 Å². The van der Waals surface area contributed by atoms with Crippen LogP contribution >= 0.6 is 0 Å². The molecule has 0 aliphatic carbocycles. The molecule has 1 aromatic rings. The number of hydrogen-bond donors (Lipinski definition) is 1. The van der Waals surface area contributed by atoms with Gasteiger partial charge < -0.3 is 19.5 Å². The number of amides is 1. The van der Waals surface area contributed by atoms with E-state index in [9.17, 15) is 9.59 Å². The number of rotatable bonds is 6. The molecule has 1 aromatic carbocycles. The Balaban J connectivity index is 1.80. The minimum absolute atomic E-state index is 0.0202. The van der Waals surface area contributed by atoms with E-state index < -0.39 is 0 Å². The van der Waals surface area contributed by atoms with E-state index in [2.05, 4.69) is 10.1 Å². The third kappa shape index (κ3) is 4.54. The molecule has 2 rings (SSSR count). The van der Waals surface area contributed by atoms with Gasteiger partial charge in [-0.25, -0.2) is 4.79 Å². The van der Waals surface area contributed by atoms with E-state index in [1.54, 1.807) is 12.1 Å². The van der Waals surface area contributed by atoms with Gasteiger partial charge in [-0.15, -0.1) is 0 Å². The van der Waals surface area contributed by atoms with Crippen molar-refractivity contribution in [3.8, 4) is 0 Å². The quantitative estimate of drug-likeness (QED) is 0.800. The van der Waals surface area contributed by atoms with Gasteiger partial charge in [0.1, 0.15) is 6.61 Å². The molecule has 0 unspecified atom stereocenters. The summed E-state index contributed by atoms with van der Waals surface area (Å²) in [6, 6.07) is 5.25. The highest BCUT2D eigenvalue weighted by molar-refractivity contribution is 5.89. The number of aryl methyl sites for hydroxylation is 1. The second-order valence-corrected chi connectivity index (χ2v) is 5.21. The normalized spacial score (nSPS) is 17.3. The fraction of sp³-hybridized carbons (Fsp3) is 0.500. The average Bonchev–Trinajstić information content (AvgIpc) is 3.04. The first kappa shape index (κ1) is 16.5. The molecule has 0 radical (unpaired) electrons. The largest absolute Gasteiger partial charge is 0.465 e. The number of nitrogens with one attached hydrogen (secondary N) is 1. The Morgan fingerprint density at radius 1 is 1.41 bits per heavy atom. The summed E-state index contributed by atoms with van der Waals surface area (Å²) in [5, 5.41) is 2.81. The van der Waals surface area contributed by atoms with Crippen LogP contribution in [0, 0.1) is 6.92 Å². The standard InChI is InChI=1S/C16H21NO5/c1-11-7-12(16(19)20-2)3-4-13(11)8-17-15(18)10-22-14-5-6-21-9-14/h3-4,7,14H,5-6,8-10H2,1-2H3,(H,17,18)/t14-/m1/s1. The molecule has 1 heterocycles. The molecule has 1 N–H and O–H groups in total. The van der Waals surface area contributed by atoms with E-state index in [0.29, 0.717) is 25.3 Å². The smallest absolute Gasteiger partial charge is 0.337 e. The summed E-state index contributed by atoms with van der Waals surface area (Å²) in [5.74, 6) is -0.533. The molecule has 1 aliphatic heterocycles. The first-order valence-electron chi connectivity index (χ1n) is 7.24. The van der Waals surface area contributed by atoms with Crippen molar-refractivity contribution in [3.05, 3.63) is 34.9 Å². The van der Waals surface area contributed by atoms with Gasteiger partial charge in [0.2, 0.25) is 5.91 Å². The molecule has 0 spiro atoms. The maximum absolute atomic E-state index is 11.8. The second-order valence-electron chi connectivity index (χ2n) is 5.21. The third-order valence-electron chi connectivity index (χ3n) is 3.58. The van der Waals surface area contributed by atoms with Gasteiger partial charge in [0.05, 0.1) is 25.4 Å². The molecule has 6 heteroatoms. The van der Waals surface area contributed by atoms with Crippen LogP contribution in [0.25, 0.3) is 0 Å². The summed E-state index contributed by atoms with van der Waals surface area (Å²) >= 11 is 0. The van der Waals surface area contributed by atoms with Crippen molar-refractivity contribution in [1.29, 1.82) is 0 Å². The summed E-state index contributed by atoms with van der Waals surface area (Å²) < 4.78 is 15.3. The van der Waals surface area contributed by atoms with Crippen LogP contribution in [-0.4, -0.2) is 44.9 Å². The highest BCUT2D eigenvalue weighted by atomic mass is 16.5. The third-order valence-corrected chi connectivity index (χ3v) is 3.58. The van der Waals surface area contributed by atoms with Crippen molar-refractivity contribution >= 4 is 11.9 Å². The van der Waals surface area contributed by atoms with Crippen molar-refractivity contribution in [2.75, 3.05) is 26.9 Å². The lowest BCUT2D eigenvalue weighted by molar-refractivity contribution is -0.127. The molecular weight excluding hydrogens is 286 g/mol. The predicted molar refractivity (Wildman–Crippen MR) is 79.5 cm³/mol. The first-order valence-corrected chi connectivity index (χ1v) is 7.24. The van der Waals surface area contributed by atoms with Crippen LogP contribution in [0.2, 0.25) is 0 Å². The SMILES string of the molecule is COC(=O)c1ccc(CNC(=O)CO[C@@H]2CCOC2)c(C)c1. The van der Waals surface area contributed by atoms with Gasteiger partial charge in [-0.05, 0) is 36.6 Å². The molecule has 1 aliphatic rings. The van der Waals surface area contributed by atoms with Gasteiger partial charge >= 0.3 is 5.97 Å². The van der Waals surface area contributed by atoms with Crippen LogP contribution in [0.4, 0.5) is 0 Å². The molecular formula is C16H21NO5. The van der Waals surface area contributed by atoms with Gasteiger partial charge in [0.15, 0.2) is 0 Å². The molecule has 1 atom stereocenters.